The molecule has 1 saturated heterocycles. The number of carbonyl (C=O) groups is 4. The van der Waals surface area contributed by atoms with E-state index in [4.69, 9.17) is 9.47 Å². The fourth-order valence-corrected chi connectivity index (χ4v) is 11.0. The molecule has 1 N–H and O–H groups in total. The molecular formula is C43H59N3O9S. The predicted molar refractivity (Wildman–Crippen MR) is 211 cm³/mol. The second-order valence-electron chi connectivity index (χ2n) is 18.3. The van der Waals surface area contributed by atoms with Crippen LogP contribution in [0.15, 0.2) is 35.1 Å². The van der Waals surface area contributed by atoms with Gasteiger partial charge >= 0.3 is 5.97 Å². The number of carbonyl (C=O) groups excluding carboxylic acids is 4. The second kappa shape index (κ2) is 15.9. The number of Topliss-reactive ketones (excluding diaryl/α,β-unsaturated/α-hetero) is 1. The molecule has 3 aliphatic carbocycles. The highest BCUT2D eigenvalue weighted by atomic mass is 32.2. The van der Waals surface area contributed by atoms with Gasteiger partial charge in [-0.3, -0.25) is 33.3 Å². The molecule has 2 amide bonds. The molecule has 4 fully saturated rings. The molecule has 3 heterocycles. The van der Waals surface area contributed by atoms with Gasteiger partial charge in [0.05, 0.1) is 35.6 Å². The molecule has 1 aromatic carbocycles. The average Bonchev–Trinajstić information content (AvgIpc) is 4.04. The Kier molecular flexibility index (Phi) is 11.5. The van der Waals surface area contributed by atoms with Crippen molar-refractivity contribution in [3.63, 3.8) is 0 Å². The molecule has 0 radical (unpaired) electrons. The molecular weight excluding hydrogens is 735 g/mol. The highest BCUT2D eigenvalue weighted by molar-refractivity contribution is 7.90. The van der Waals surface area contributed by atoms with E-state index in [-0.39, 0.29) is 61.0 Å². The van der Waals surface area contributed by atoms with Gasteiger partial charge < -0.3 is 14.4 Å². The molecule has 1 aromatic heterocycles. The van der Waals surface area contributed by atoms with Crippen LogP contribution in [0.5, 0.6) is 5.88 Å². The summed E-state index contributed by atoms with van der Waals surface area (Å²) in [6.07, 6.45) is 8.29. The topological polar surface area (TPSA) is 158 Å². The first-order chi connectivity index (χ1) is 26.6. The van der Waals surface area contributed by atoms with Gasteiger partial charge in [-0.2, -0.15) is 0 Å². The van der Waals surface area contributed by atoms with E-state index in [0.717, 1.165) is 56.8 Å². The number of hydrogen-bond acceptors (Lipinski definition) is 9. The molecule has 3 saturated carbocycles. The van der Waals surface area contributed by atoms with Gasteiger partial charge in [-0.25, -0.2) is 8.42 Å². The van der Waals surface area contributed by atoms with Gasteiger partial charge in [-0.05, 0) is 80.1 Å². The number of ether oxygens (including phenoxy) is 2. The molecule has 306 valence electrons. The van der Waals surface area contributed by atoms with Crippen LogP contribution in [0.4, 0.5) is 0 Å². The Hall–Kier alpha value is -3.74. The Morgan fingerprint density at radius 3 is 2.39 bits per heavy atom. The van der Waals surface area contributed by atoms with E-state index in [0.29, 0.717) is 43.5 Å². The van der Waals surface area contributed by atoms with Gasteiger partial charge in [0.25, 0.3) is 5.56 Å². The van der Waals surface area contributed by atoms with Crippen LogP contribution in [0.1, 0.15) is 124 Å². The smallest absolute Gasteiger partial charge is 0.306 e. The first kappa shape index (κ1) is 40.5. The van der Waals surface area contributed by atoms with Gasteiger partial charge in [-0.15, -0.1) is 0 Å². The monoisotopic (exact) mass is 793 g/mol. The van der Waals surface area contributed by atoms with Crippen molar-refractivity contribution >= 4 is 44.4 Å². The first-order valence-electron chi connectivity index (χ1n) is 21.0. The normalized spacial score (nSPS) is 30.6. The summed E-state index contributed by atoms with van der Waals surface area (Å²) in [6, 6.07) is 8.24. The minimum atomic E-state index is -3.83. The number of rotatable bonds is 7. The van der Waals surface area contributed by atoms with Crippen molar-refractivity contribution in [2.75, 3.05) is 6.54 Å². The largest absolute Gasteiger partial charge is 0.473 e. The molecule has 13 heteroatoms. The number of hydrogen-bond donors (Lipinski definition) is 1. The van der Waals surface area contributed by atoms with Gasteiger partial charge in [-0.1, -0.05) is 71.6 Å². The molecule has 5 aliphatic rings. The number of sulfonamides is 1. The second-order valence-corrected chi connectivity index (χ2v) is 20.3. The molecule has 2 bridgehead atoms. The summed E-state index contributed by atoms with van der Waals surface area (Å²) >= 11 is 0. The van der Waals surface area contributed by atoms with E-state index < -0.39 is 56.0 Å². The van der Waals surface area contributed by atoms with E-state index in [1.165, 1.54) is 4.90 Å². The molecule has 0 unspecified atom stereocenters. The van der Waals surface area contributed by atoms with Crippen molar-refractivity contribution in [1.82, 2.24) is 14.2 Å². The summed E-state index contributed by atoms with van der Waals surface area (Å²) in [5.41, 5.74) is -2.01. The molecule has 2 aromatic rings. The molecule has 0 spiro atoms. The van der Waals surface area contributed by atoms with Gasteiger partial charge in [0.1, 0.15) is 12.2 Å². The van der Waals surface area contributed by atoms with Crippen LogP contribution in [-0.4, -0.2) is 71.5 Å². The molecule has 12 nitrogen and oxygen atoms in total. The molecule has 7 atom stereocenters. The third-order valence-electron chi connectivity index (χ3n) is 13.3. The summed E-state index contributed by atoms with van der Waals surface area (Å²) in [6.45, 7) is 8.12. The summed E-state index contributed by atoms with van der Waals surface area (Å²) in [4.78, 5) is 72.3. The van der Waals surface area contributed by atoms with E-state index >= 15 is 0 Å². The molecule has 7 rings (SSSR count). The van der Waals surface area contributed by atoms with Crippen LogP contribution in [0, 0.1) is 28.6 Å². The van der Waals surface area contributed by atoms with Crippen molar-refractivity contribution in [3.8, 4) is 5.88 Å². The summed E-state index contributed by atoms with van der Waals surface area (Å²) in [5.74, 6) is -2.12. The lowest BCUT2D eigenvalue weighted by Crippen LogP contribution is -2.48. The van der Waals surface area contributed by atoms with Gasteiger partial charge in [0.2, 0.25) is 21.8 Å². The lowest BCUT2D eigenvalue weighted by atomic mass is 9.77. The highest BCUT2D eigenvalue weighted by Crippen LogP contribution is 2.58. The van der Waals surface area contributed by atoms with E-state index in [2.05, 4.69) is 4.72 Å². The predicted octanol–water partition coefficient (Wildman–Crippen LogP) is 6.06. The Bertz CT molecular complexity index is 2020. The van der Waals surface area contributed by atoms with E-state index in [9.17, 15) is 32.4 Å². The number of pyridine rings is 1. The summed E-state index contributed by atoms with van der Waals surface area (Å²) < 4.78 is 42.4. The van der Waals surface area contributed by atoms with Crippen molar-refractivity contribution < 1.29 is 37.1 Å². The third kappa shape index (κ3) is 8.43. The first-order valence-corrected chi connectivity index (χ1v) is 22.5. The number of benzene rings is 1. The van der Waals surface area contributed by atoms with Gasteiger partial charge in [0, 0.05) is 30.8 Å². The van der Waals surface area contributed by atoms with Gasteiger partial charge in [0.15, 0.2) is 11.7 Å². The lowest BCUT2D eigenvalue weighted by Gasteiger charge is -2.35. The standard InChI is InChI=1S/C43H59N3O9S/c1-5-29-24-43(29,41(51)44-56(52,53)31-18-19-31)25-35(47)34-22-30-26-46(34)40(50)33(42(2,3)4)23-38(48)55-36-17-12-15-27(36)13-8-6-7-11-20-45-37(54-30)21-28-14-9-10-16-32(28)39(45)49/h9-10,14,16,21,27,29-31,33-34,36H,5-8,11-13,15,17-20,22-26H2,1-4H3,(H,44,51)/t27-,29-,30+,33+,34-,36-,43+/m0/s1. The van der Waals surface area contributed by atoms with Crippen LogP contribution < -0.4 is 15.0 Å². The van der Waals surface area contributed by atoms with Crippen LogP contribution in [0.3, 0.4) is 0 Å². The Morgan fingerprint density at radius 1 is 0.946 bits per heavy atom. The molecule has 2 aliphatic heterocycles. The summed E-state index contributed by atoms with van der Waals surface area (Å²) in [7, 11) is -3.83. The Labute approximate surface area is 330 Å². The van der Waals surface area contributed by atoms with Crippen LogP contribution in [0.25, 0.3) is 10.8 Å². The summed E-state index contributed by atoms with van der Waals surface area (Å²) in [5, 5.41) is 0.725. The SMILES string of the molecule is CC[C@H]1C[C@]1(CC(=O)[C@@H]1C[C@@H]2CN1C(=O)[C@H](C(C)(C)C)CC(=O)O[C@H]1CCC[C@@H]1CCCCCCn1c(cc3ccccc3c1=O)O2)C(=O)NS(=O)(=O)C1CC1. The third-order valence-corrected chi connectivity index (χ3v) is 15.2. The quantitative estimate of drug-likeness (QED) is 0.329. The van der Waals surface area contributed by atoms with Crippen molar-refractivity contribution in [2.24, 2.45) is 28.6 Å². The fraction of sp³-hybridized carbons (Fsp3) is 0.698. The van der Waals surface area contributed by atoms with Crippen molar-refractivity contribution in [2.45, 2.75) is 154 Å². The van der Waals surface area contributed by atoms with Crippen LogP contribution in [-0.2, 0) is 40.5 Å². The lowest BCUT2D eigenvalue weighted by molar-refractivity contribution is -0.158. The minimum Gasteiger partial charge on any atom is -0.473 e. The average molecular weight is 794 g/mol. The Morgan fingerprint density at radius 2 is 1.68 bits per heavy atom. The number of amides is 2. The zero-order valence-corrected chi connectivity index (χ0v) is 34.2. The minimum absolute atomic E-state index is 0.0368. The zero-order valence-electron chi connectivity index (χ0n) is 33.4. The van der Waals surface area contributed by atoms with E-state index in [1.807, 2.05) is 52.0 Å². The van der Waals surface area contributed by atoms with Crippen molar-refractivity contribution in [3.05, 3.63) is 40.7 Å². The van der Waals surface area contributed by atoms with Crippen molar-refractivity contribution in [1.29, 1.82) is 0 Å². The van der Waals surface area contributed by atoms with E-state index in [1.54, 1.807) is 10.6 Å². The number of fused-ring (bicyclic) bond motifs is 5. The number of nitrogens with zero attached hydrogens (tertiary/aromatic N) is 2. The maximum atomic E-state index is 14.9. The fourth-order valence-electron chi connectivity index (χ4n) is 9.66. The molecule has 56 heavy (non-hydrogen) atoms. The number of aromatic nitrogens is 1. The van der Waals surface area contributed by atoms with Crippen LogP contribution >= 0.6 is 0 Å². The van der Waals surface area contributed by atoms with Crippen LogP contribution in [0.2, 0.25) is 0 Å². The number of nitrogens with one attached hydrogen (secondary N) is 1. The maximum absolute atomic E-state index is 14.9. The number of ketones is 1. The highest BCUT2D eigenvalue weighted by Gasteiger charge is 2.62. The maximum Gasteiger partial charge on any atom is 0.306 e. The number of esters is 1. The Balaban J connectivity index is 1.23. The zero-order chi connectivity index (χ0) is 40.0.